The zero-order valence-electron chi connectivity index (χ0n) is 16.9. The minimum absolute atomic E-state index is 0.0125. The number of nitrogens with zero attached hydrogens (tertiary/aromatic N) is 1. The zero-order chi connectivity index (χ0) is 20.5. The molecule has 2 aromatic carbocycles. The fourth-order valence-corrected chi connectivity index (χ4v) is 3.33. The Hall–Kier alpha value is -2.47. The van der Waals surface area contributed by atoms with Gasteiger partial charge in [-0.3, -0.25) is 9.59 Å². The van der Waals surface area contributed by atoms with Crippen LogP contribution < -0.4 is 10.1 Å². The second-order valence-electron chi connectivity index (χ2n) is 6.74. The highest BCUT2D eigenvalue weighted by Crippen LogP contribution is 2.17. The first kappa shape index (κ1) is 21.8. The Morgan fingerprint density at radius 1 is 1.11 bits per heavy atom. The number of amides is 2. The lowest BCUT2D eigenvalue weighted by Crippen LogP contribution is -2.36. The van der Waals surface area contributed by atoms with E-state index in [-0.39, 0.29) is 22.8 Å². The first-order chi connectivity index (χ1) is 13.4. The Labute approximate surface area is 171 Å². The van der Waals surface area contributed by atoms with E-state index in [0.29, 0.717) is 13.2 Å². The third-order valence-corrected chi connectivity index (χ3v) is 5.43. The lowest BCUT2D eigenvalue weighted by molar-refractivity contribution is -0.129. The molecule has 0 aliphatic rings. The van der Waals surface area contributed by atoms with Gasteiger partial charge in [0.1, 0.15) is 12.4 Å². The molecule has 1 N–H and O–H groups in total. The van der Waals surface area contributed by atoms with Crippen LogP contribution in [0.3, 0.4) is 0 Å². The van der Waals surface area contributed by atoms with Gasteiger partial charge in [-0.05, 0) is 44.5 Å². The number of carbonyl (C=O) groups is 2. The summed E-state index contributed by atoms with van der Waals surface area (Å²) in [5, 5.41) is 2.55. The number of hydrogen-bond donors (Lipinski definition) is 1. The van der Waals surface area contributed by atoms with Crippen molar-refractivity contribution in [3.8, 4) is 5.75 Å². The number of anilines is 1. The van der Waals surface area contributed by atoms with Crippen LogP contribution in [0.1, 0.15) is 18.1 Å². The number of likely N-dealkylation sites (N-methyl/N-ethyl adjacent to an activating group) is 1. The molecule has 0 spiro atoms. The largest absolute Gasteiger partial charge is 0.491 e. The molecule has 1 atom stereocenters. The van der Waals surface area contributed by atoms with E-state index in [9.17, 15) is 9.59 Å². The van der Waals surface area contributed by atoms with Gasteiger partial charge in [0.05, 0.1) is 17.5 Å². The molecule has 2 aromatic rings. The molecule has 1 unspecified atom stereocenters. The van der Waals surface area contributed by atoms with Crippen LogP contribution in [0.25, 0.3) is 0 Å². The Bertz CT molecular complexity index is 793. The molecule has 0 aliphatic carbocycles. The molecule has 2 amide bonds. The Morgan fingerprint density at radius 2 is 1.79 bits per heavy atom. The molecule has 0 saturated carbocycles. The molecular formula is C22H28N2O3S. The lowest BCUT2D eigenvalue weighted by Gasteiger charge is -2.21. The summed E-state index contributed by atoms with van der Waals surface area (Å²) in [6.45, 7) is 6.73. The Balaban J connectivity index is 1.71. The maximum atomic E-state index is 12.5. The summed E-state index contributed by atoms with van der Waals surface area (Å²) in [6.07, 6.45) is 0. The number of carbonyl (C=O) groups excluding carboxylic acids is 2. The van der Waals surface area contributed by atoms with Gasteiger partial charge >= 0.3 is 0 Å². The molecule has 5 nitrogen and oxygen atoms in total. The third kappa shape index (κ3) is 6.93. The highest BCUT2D eigenvalue weighted by molar-refractivity contribution is 8.01. The van der Waals surface area contributed by atoms with E-state index in [2.05, 4.69) is 5.32 Å². The van der Waals surface area contributed by atoms with Crippen LogP contribution in [0.4, 0.5) is 5.69 Å². The van der Waals surface area contributed by atoms with Gasteiger partial charge in [-0.15, -0.1) is 11.8 Å². The normalized spacial score (nSPS) is 11.6. The van der Waals surface area contributed by atoms with Crippen molar-refractivity contribution in [3.05, 3.63) is 59.7 Å². The summed E-state index contributed by atoms with van der Waals surface area (Å²) < 4.78 is 5.75. The van der Waals surface area contributed by atoms with Crippen molar-refractivity contribution in [1.82, 2.24) is 4.90 Å². The summed E-state index contributed by atoms with van der Waals surface area (Å²) in [4.78, 5) is 26.2. The minimum atomic E-state index is -0.299. The van der Waals surface area contributed by atoms with Crippen LogP contribution in [-0.4, -0.2) is 47.9 Å². The van der Waals surface area contributed by atoms with Crippen molar-refractivity contribution in [2.45, 2.75) is 26.0 Å². The molecule has 2 rings (SSSR count). The van der Waals surface area contributed by atoms with E-state index in [0.717, 1.165) is 22.6 Å². The van der Waals surface area contributed by atoms with E-state index in [1.54, 1.807) is 11.9 Å². The first-order valence-corrected chi connectivity index (χ1v) is 10.3. The number of benzene rings is 2. The SMILES string of the molecule is Cc1ccc(NC(=O)CSC(C)C(=O)N(C)CCOc2ccccc2C)cc1. The van der Waals surface area contributed by atoms with Crippen LogP contribution in [0.2, 0.25) is 0 Å². The third-order valence-electron chi connectivity index (χ3n) is 4.30. The smallest absolute Gasteiger partial charge is 0.235 e. The fourth-order valence-electron chi connectivity index (χ4n) is 2.54. The van der Waals surface area contributed by atoms with E-state index in [4.69, 9.17) is 4.74 Å². The predicted octanol–water partition coefficient (Wildman–Crippen LogP) is 3.90. The highest BCUT2D eigenvalue weighted by atomic mass is 32.2. The summed E-state index contributed by atoms with van der Waals surface area (Å²) in [5.74, 6) is 0.938. The summed E-state index contributed by atoms with van der Waals surface area (Å²) in [6, 6.07) is 15.4. The topological polar surface area (TPSA) is 58.6 Å². The zero-order valence-corrected chi connectivity index (χ0v) is 17.7. The van der Waals surface area contributed by atoms with E-state index >= 15 is 0 Å². The van der Waals surface area contributed by atoms with Gasteiger partial charge in [-0.1, -0.05) is 35.9 Å². The van der Waals surface area contributed by atoms with E-state index in [1.807, 2.05) is 69.3 Å². The summed E-state index contributed by atoms with van der Waals surface area (Å²) in [7, 11) is 1.76. The van der Waals surface area contributed by atoms with Gasteiger partial charge in [0, 0.05) is 12.7 Å². The van der Waals surface area contributed by atoms with Crippen LogP contribution in [0, 0.1) is 13.8 Å². The molecule has 0 aromatic heterocycles. The molecule has 0 heterocycles. The van der Waals surface area contributed by atoms with Crippen molar-refractivity contribution < 1.29 is 14.3 Å². The van der Waals surface area contributed by atoms with Crippen molar-refractivity contribution >= 4 is 29.3 Å². The number of rotatable bonds is 9. The fraction of sp³-hybridized carbons (Fsp3) is 0.364. The van der Waals surface area contributed by atoms with Crippen LogP contribution >= 0.6 is 11.8 Å². The molecule has 28 heavy (non-hydrogen) atoms. The van der Waals surface area contributed by atoms with E-state index < -0.39 is 0 Å². The lowest BCUT2D eigenvalue weighted by atomic mass is 10.2. The molecule has 0 radical (unpaired) electrons. The van der Waals surface area contributed by atoms with Crippen LogP contribution in [0.5, 0.6) is 5.75 Å². The Morgan fingerprint density at radius 3 is 2.46 bits per heavy atom. The number of aryl methyl sites for hydroxylation is 2. The van der Waals surface area contributed by atoms with Gasteiger partial charge in [0.25, 0.3) is 0 Å². The first-order valence-electron chi connectivity index (χ1n) is 9.28. The van der Waals surface area contributed by atoms with Gasteiger partial charge in [-0.25, -0.2) is 0 Å². The second-order valence-corrected chi connectivity index (χ2v) is 8.07. The average molecular weight is 401 g/mol. The van der Waals surface area contributed by atoms with Gasteiger partial charge < -0.3 is 15.0 Å². The monoisotopic (exact) mass is 400 g/mol. The summed E-state index contributed by atoms with van der Waals surface area (Å²) in [5.41, 5.74) is 2.97. The van der Waals surface area contributed by atoms with Crippen LogP contribution in [-0.2, 0) is 9.59 Å². The van der Waals surface area contributed by atoms with Gasteiger partial charge in [-0.2, -0.15) is 0 Å². The number of nitrogens with one attached hydrogen (secondary N) is 1. The second kappa shape index (κ2) is 10.8. The van der Waals surface area contributed by atoms with Gasteiger partial charge in [0.2, 0.25) is 11.8 Å². The number of thioether (sulfide) groups is 1. The molecule has 150 valence electrons. The average Bonchev–Trinajstić information content (AvgIpc) is 2.68. The minimum Gasteiger partial charge on any atom is -0.491 e. The Kier molecular flexibility index (Phi) is 8.39. The molecule has 6 heteroatoms. The number of para-hydroxylation sites is 1. The molecule has 0 aliphatic heterocycles. The molecule has 0 fully saturated rings. The van der Waals surface area contributed by atoms with Crippen LogP contribution in [0.15, 0.2) is 48.5 Å². The van der Waals surface area contributed by atoms with Crippen molar-refractivity contribution in [2.24, 2.45) is 0 Å². The van der Waals surface area contributed by atoms with Crippen molar-refractivity contribution in [1.29, 1.82) is 0 Å². The maximum absolute atomic E-state index is 12.5. The molecular weight excluding hydrogens is 372 g/mol. The van der Waals surface area contributed by atoms with Gasteiger partial charge in [0.15, 0.2) is 0 Å². The van der Waals surface area contributed by atoms with Crippen molar-refractivity contribution in [3.63, 3.8) is 0 Å². The highest BCUT2D eigenvalue weighted by Gasteiger charge is 2.19. The maximum Gasteiger partial charge on any atom is 0.235 e. The number of ether oxygens (including phenoxy) is 1. The molecule has 0 saturated heterocycles. The standard InChI is InChI=1S/C22H28N2O3S/c1-16-9-11-19(12-10-16)23-21(25)15-28-18(3)22(26)24(4)13-14-27-20-8-6-5-7-17(20)2/h5-12,18H,13-15H2,1-4H3,(H,23,25). The van der Waals surface area contributed by atoms with Crippen molar-refractivity contribution in [2.75, 3.05) is 31.3 Å². The quantitative estimate of drug-likeness (QED) is 0.694. The summed E-state index contributed by atoms with van der Waals surface area (Å²) >= 11 is 1.33. The number of hydrogen-bond acceptors (Lipinski definition) is 4. The molecule has 0 bridgehead atoms. The predicted molar refractivity (Wildman–Crippen MR) is 116 cm³/mol. The van der Waals surface area contributed by atoms with E-state index in [1.165, 1.54) is 11.8 Å².